The first-order valence-corrected chi connectivity index (χ1v) is 8.44. The summed E-state index contributed by atoms with van der Waals surface area (Å²) in [6.07, 6.45) is 1.03. The van der Waals surface area contributed by atoms with Gasteiger partial charge in [0.2, 0.25) is 0 Å². The summed E-state index contributed by atoms with van der Waals surface area (Å²) in [5.74, 6) is -0.781. The van der Waals surface area contributed by atoms with E-state index in [0.29, 0.717) is 6.54 Å². The Kier molecular flexibility index (Phi) is 4.45. The van der Waals surface area contributed by atoms with Crippen molar-refractivity contribution in [2.75, 3.05) is 13.6 Å². The van der Waals surface area contributed by atoms with Crippen molar-refractivity contribution in [2.45, 2.75) is 45.2 Å². The van der Waals surface area contributed by atoms with Crippen LogP contribution < -0.4 is 0 Å². The van der Waals surface area contributed by atoms with Crippen molar-refractivity contribution in [3.63, 3.8) is 0 Å². The number of aryl methyl sites for hydroxylation is 1. The van der Waals surface area contributed by atoms with Crippen molar-refractivity contribution < 1.29 is 9.90 Å². The Hall–Kier alpha value is -2.14. The largest absolute Gasteiger partial charge is 0.481 e. The van der Waals surface area contributed by atoms with Crippen LogP contribution >= 0.6 is 0 Å². The second-order valence-electron chi connectivity index (χ2n) is 7.12. The van der Waals surface area contributed by atoms with E-state index < -0.39 is 5.97 Å². The number of carboxylic acid groups (broad SMARTS) is 1. The molecule has 0 aliphatic carbocycles. The summed E-state index contributed by atoms with van der Waals surface area (Å²) < 4.78 is 1.93. The number of benzene rings is 1. The molecule has 24 heavy (non-hydrogen) atoms. The van der Waals surface area contributed by atoms with Gasteiger partial charge in [-0.05, 0) is 12.6 Å². The fraction of sp³-hybridized carbons (Fsp3) is 0.474. The Morgan fingerprint density at radius 1 is 1.29 bits per heavy atom. The van der Waals surface area contributed by atoms with Crippen molar-refractivity contribution in [1.82, 2.24) is 14.7 Å². The van der Waals surface area contributed by atoms with Gasteiger partial charge in [0.25, 0.3) is 0 Å². The van der Waals surface area contributed by atoms with Gasteiger partial charge in [0.05, 0.1) is 18.7 Å². The van der Waals surface area contributed by atoms with Crippen LogP contribution in [-0.4, -0.2) is 39.3 Å². The van der Waals surface area contributed by atoms with E-state index in [9.17, 15) is 4.79 Å². The van der Waals surface area contributed by atoms with Crippen LogP contribution in [0.4, 0.5) is 0 Å². The minimum Gasteiger partial charge on any atom is -0.481 e. The maximum atomic E-state index is 11.0. The number of carboxylic acids is 1. The average molecular weight is 327 g/mol. The number of nitrogens with zero attached hydrogens (tertiary/aromatic N) is 3. The molecule has 0 saturated carbocycles. The monoisotopic (exact) mass is 327 g/mol. The summed E-state index contributed by atoms with van der Waals surface area (Å²) in [5, 5.41) is 13.9. The lowest BCUT2D eigenvalue weighted by Crippen LogP contribution is -2.29. The Bertz CT molecular complexity index is 735. The lowest BCUT2D eigenvalue weighted by molar-refractivity contribution is -0.137. The van der Waals surface area contributed by atoms with Crippen molar-refractivity contribution in [2.24, 2.45) is 0 Å². The number of aliphatic carboxylic acids is 1. The molecule has 5 heteroatoms. The fourth-order valence-electron chi connectivity index (χ4n) is 3.51. The number of carbonyl (C=O) groups is 1. The number of aromatic nitrogens is 2. The molecule has 1 N–H and O–H groups in total. The second kappa shape index (κ2) is 6.40. The molecule has 0 saturated heterocycles. The summed E-state index contributed by atoms with van der Waals surface area (Å²) in [5.41, 5.74) is 4.55. The summed E-state index contributed by atoms with van der Waals surface area (Å²) >= 11 is 0. The first-order valence-electron chi connectivity index (χ1n) is 8.44. The summed E-state index contributed by atoms with van der Waals surface area (Å²) in [6, 6.07) is 10.4. The van der Waals surface area contributed by atoms with Crippen molar-refractivity contribution >= 4 is 5.97 Å². The molecule has 5 nitrogen and oxygen atoms in total. The zero-order valence-corrected chi connectivity index (χ0v) is 14.6. The molecule has 0 amide bonds. The number of hydrogen-bond acceptors (Lipinski definition) is 3. The van der Waals surface area contributed by atoms with E-state index in [-0.39, 0.29) is 11.8 Å². The summed E-state index contributed by atoms with van der Waals surface area (Å²) in [7, 11) is 2.12. The Labute approximate surface area is 142 Å². The van der Waals surface area contributed by atoms with Gasteiger partial charge in [-0.2, -0.15) is 5.10 Å². The van der Waals surface area contributed by atoms with Gasteiger partial charge in [-0.25, -0.2) is 0 Å². The number of fused-ring (bicyclic) bond motifs is 1. The van der Waals surface area contributed by atoms with E-state index in [1.165, 1.54) is 16.8 Å². The first kappa shape index (κ1) is 16.7. The lowest BCUT2D eigenvalue weighted by atomic mass is 9.79. The van der Waals surface area contributed by atoms with Crippen LogP contribution in [0, 0.1) is 0 Å². The minimum absolute atomic E-state index is 0.106. The molecule has 0 spiro atoms. The highest BCUT2D eigenvalue weighted by Crippen LogP contribution is 2.36. The molecule has 1 aromatic carbocycles. The highest BCUT2D eigenvalue weighted by Gasteiger charge is 2.33. The zero-order chi connectivity index (χ0) is 17.3. The quantitative estimate of drug-likeness (QED) is 0.917. The third kappa shape index (κ3) is 3.08. The van der Waals surface area contributed by atoms with E-state index in [4.69, 9.17) is 10.2 Å². The predicted octanol–water partition coefficient (Wildman–Crippen LogP) is 2.67. The molecule has 1 aliphatic heterocycles. The third-order valence-corrected chi connectivity index (χ3v) is 4.95. The van der Waals surface area contributed by atoms with Crippen LogP contribution in [0.15, 0.2) is 30.3 Å². The number of hydrogen-bond donors (Lipinski definition) is 1. The van der Waals surface area contributed by atoms with Crippen LogP contribution in [0.3, 0.4) is 0 Å². The Morgan fingerprint density at radius 3 is 2.67 bits per heavy atom. The van der Waals surface area contributed by atoms with Crippen LogP contribution in [0.2, 0.25) is 0 Å². The summed E-state index contributed by atoms with van der Waals surface area (Å²) in [4.78, 5) is 13.3. The molecule has 2 aromatic rings. The molecule has 0 unspecified atom stereocenters. The lowest BCUT2D eigenvalue weighted by Gasteiger charge is -2.28. The summed E-state index contributed by atoms with van der Waals surface area (Å²) in [6.45, 7) is 6.68. The average Bonchev–Trinajstić information content (AvgIpc) is 2.92. The molecule has 0 fully saturated rings. The number of rotatable bonds is 5. The van der Waals surface area contributed by atoms with Crippen molar-refractivity contribution in [1.29, 1.82) is 0 Å². The van der Waals surface area contributed by atoms with Gasteiger partial charge in [-0.15, -0.1) is 0 Å². The predicted molar refractivity (Wildman–Crippen MR) is 93.1 cm³/mol. The Morgan fingerprint density at radius 2 is 2.00 bits per heavy atom. The third-order valence-electron chi connectivity index (χ3n) is 4.95. The molecule has 1 aromatic heterocycles. The van der Waals surface area contributed by atoms with Crippen LogP contribution in [0.5, 0.6) is 0 Å². The fourth-order valence-corrected chi connectivity index (χ4v) is 3.51. The van der Waals surface area contributed by atoms with Gasteiger partial charge < -0.3 is 10.0 Å². The molecule has 0 atom stereocenters. The highest BCUT2D eigenvalue weighted by atomic mass is 16.4. The van der Waals surface area contributed by atoms with Gasteiger partial charge in [-0.3, -0.25) is 9.48 Å². The minimum atomic E-state index is -0.781. The SMILES string of the molecule is CN1CCc2c(c(C(C)(C)c3ccccc3)nn2CCC(=O)O)C1. The van der Waals surface area contributed by atoms with Gasteiger partial charge in [0.1, 0.15) is 0 Å². The zero-order valence-electron chi connectivity index (χ0n) is 14.6. The van der Waals surface area contributed by atoms with E-state index in [1.807, 2.05) is 10.7 Å². The van der Waals surface area contributed by atoms with Gasteiger partial charge in [-0.1, -0.05) is 44.2 Å². The van der Waals surface area contributed by atoms with E-state index in [2.05, 4.69) is 50.1 Å². The topological polar surface area (TPSA) is 58.4 Å². The highest BCUT2D eigenvalue weighted by molar-refractivity contribution is 5.66. The molecule has 2 heterocycles. The molecule has 0 bridgehead atoms. The Balaban J connectivity index is 2.05. The second-order valence-corrected chi connectivity index (χ2v) is 7.12. The molecular weight excluding hydrogens is 302 g/mol. The maximum absolute atomic E-state index is 11.0. The number of likely N-dealkylation sites (N-methyl/N-ethyl adjacent to an activating group) is 1. The van der Waals surface area contributed by atoms with Gasteiger partial charge in [0, 0.05) is 36.2 Å². The van der Waals surface area contributed by atoms with Crippen LogP contribution in [0.1, 0.15) is 42.8 Å². The smallest absolute Gasteiger partial charge is 0.305 e. The standard InChI is InChI=1S/C19H25N3O2/c1-19(2,14-7-5-4-6-8-14)18-15-13-21(3)11-9-16(15)22(20-18)12-10-17(23)24/h4-8H,9-13H2,1-3H3,(H,23,24). The normalized spacial score (nSPS) is 15.3. The maximum Gasteiger partial charge on any atom is 0.305 e. The van der Waals surface area contributed by atoms with Crippen LogP contribution in [-0.2, 0) is 29.7 Å². The molecule has 1 aliphatic rings. The van der Waals surface area contributed by atoms with Crippen molar-refractivity contribution in [3.05, 3.63) is 52.8 Å². The van der Waals surface area contributed by atoms with E-state index in [0.717, 1.165) is 25.2 Å². The molecule has 3 rings (SSSR count). The molecule has 128 valence electrons. The van der Waals surface area contributed by atoms with Crippen molar-refractivity contribution in [3.8, 4) is 0 Å². The molecular formula is C19H25N3O2. The van der Waals surface area contributed by atoms with E-state index in [1.54, 1.807) is 0 Å². The molecule has 0 radical (unpaired) electrons. The van der Waals surface area contributed by atoms with Crippen LogP contribution in [0.25, 0.3) is 0 Å². The van der Waals surface area contributed by atoms with Gasteiger partial charge >= 0.3 is 5.97 Å². The van der Waals surface area contributed by atoms with E-state index >= 15 is 0 Å². The first-order chi connectivity index (χ1) is 11.4. The van der Waals surface area contributed by atoms with Gasteiger partial charge in [0.15, 0.2) is 0 Å².